The van der Waals surface area contributed by atoms with E-state index in [0.29, 0.717) is 10.8 Å². The summed E-state index contributed by atoms with van der Waals surface area (Å²) in [7, 11) is 0. The molecule has 0 aliphatic rings. The van der Waals surface area contributed by atoms with E-state index in [-0.39, 0.29) is 5.75 Å². The van der Waals surface area contributed by atoms with Gasteiger partial charge in [0.05, 0.1) is 0 Å². The van der Waals surface area contributed by atoms with Crippen LogP contribution in [-0.2, 0) is 4.94 Å². The van der Waals surface area contributed by atoms with E-state index in [1.54, 1.807) is 24.3 Å². The van der Waals surface area contributed by atoms with Crippen molar-refractivity contribution in [3.63, 3.8) is 0 Å². The number of aromatic nitrogens is 1. The molecule has 0 saturated heterocycles. The van der Waals surface area contributed by atoms with Gasteiger partial charge in [0.1, 0.15) is 0 Å². The largest absolute Gasteiger partial charge is 0.505 e. The smallest absolute Gasteiger partial charge is 0.401 e. The average Bonchev–Trinajstić information content (AvgIpc) is 2.29. The summed E-state index contributed by atoms with van der Waals surface area (Å²) >= 11 is 0. The second-order valence-corrected chi connectivity index (χ2v) is 2.91. The quantitative estimate of drug-likeness (QED) is 0.776. The minimum Gasteiger partial charge on any atom is -0.505 e. The number of carbonyl (C=O) groups excluding carboxylic acids is 1. The number of hydrogen-bond acceptors (Lipinski definition) is 4. The number of benzene rings is 1. The standard InChI is InChI=1S/C10H6FNO3/c11-15-10(14)8-9(13)7-4-2-1-3-6(7)5-12-8/h1-5,13H. The molecule has 1 aromatic heterocycles. The first kappa shape index (κ1) is 9.39. The molecule has 2 rings (SSSR count). The number of aromatic hydroxyl groups is 1. The fourth-order valence-electron chi connectivity index (χ4n) is 1.33. The minimum absolute atomic E-state index is 0.379. The Bertz CT molecular complexity index is 527. The second-order valence-electron chi connectivity index (χ2n) is 2.91. The molecule has 0 unspecified atom stereocenters. The SMILES string of the molecule is O=C(OF)c1ncc2ccccc2c1O. The number of nitrogens with zero attached hydrogens (tertiary/aromatic N) is 1. The molecule has 1 heterocycles. The Labute approximate surface area is 83.8 Å². The molecule has 4 nitrogen and oxygen atoms in total. The maximum absolute atomic E-state index is 11.7. The molecule has 0 spiro atoms. The van der Waals surface area contributed by atoms with Crippen molar-refractivity contribution in [3.8, 4) is 5.75 Å². The maximum atomic E-state index is 11.7. The van der Waals surface area contributed by atoms with Crippen LogP contribution in [0.15, 0.2) is 30.5 Å². The van der Waals surface area contributed by atoms with Gasteiger partial charge >= 0.3 is 5.97 Å². The number of pyridine rings is 1. The molecule has 5 heteroatoms. The van der Waals surface area contributed by atoms with Crippen molar-refractivity contribution in [2.45, 2.75) is 0 Å². The van der Waals surface area contributed by atoms with Crippen molar-refractivity contribution in [3.05, 3.63) is 36.2 Å². The van der Waals surface area contributed by atoms with Crippen LogP contribution in [0.1, 0.15) is 10.5 Å². The monoisotopic (exact) mass is 207 g/mol. The normalized spacial score (nSPS) is 10.2. The van der Waals surface area contributed by atoms with Crippen LogP contribution in [-0.4, -0.2) is 16.1 Å². The summed E-state index contributed by atoms with van der Waals surface area (Å²) in [4.78, 5) is 17.5. The van der Waals surface area contributed by atoms with Gasteiger partial charge in [-0.05, 0) is 0 Å². The van der Waals surface area contributed by atoms with Crippen molar-refractivity contribution in [2.75, 3.05) is 0 Å². The summed E-state index contributed by atoms with van der Waals surface area (Å²) in [6.07, 6.45) is 1.36. The average molecular weight is 207 g/mol. The van der Waals surface area contributed by atoms with Gasteiger partial charge in [-0.3, -0.25) is 0 Å². The van der Waals surface area contributed by atoms with Gasteiger partial charge in [0.25, 0.3) is 0 Å². The van der Waals surface area contributed by atoms with E-state index >= 15 is 0 Å². The zero-order valence-electron chi connectivity index (χ0n) is 7.48. The molecule has 0 radical (unpaired) electrons. The van der Waals surface area contributed by atoms with E-state index in [2.05, 4.69) is 9.93 Å². The lowest BCUT2D eigenvalue weighted by Gasteiger charge is -2.02. The Morgan fingerprint density at radius 2 is 2.13 bits per heavy atom. The maximum Gasteiger partial charge on any atom is 0.401 e. The van der Waals surface area contributed by atoms with E-state index in [1.807, 2.05) is 0 Å². The molecule has 76 valence electrons. The number of rotatable bonds is 1. The summed E-state index contributed by atoms with van der Waals surface area (Å²) in [6.45, 7) is 0. The Morgan fingerprint density at radius 1 is 1.40 bits per heavy atom. The van der Waals surface area contributed by atoms with Gasteiger partial charge in [0.15, 0.2) is 11.4 Å². The third kappa shape index (κ3) is 1.48. The zero-order chi connectivity index (χ0) is 10.8. The van der Waals surface area contributed by atoms with Crippen molar-refractivity contribution in [2.24, 2.45) is 0 Å². The van der Waals surface area contributed by atoms with Gasteiger partial charge in [-0.1, -0.05) is 24.3 Å². The highest BCUT2D eigenvalue weighted by molar-refractivity contribution is 5.98. The van der Waals surface area contributed by atoms with Crippen LogP contribution in [0.5, 0.6) is 5.75 Å². The molecule has 0 bridgehead atoms. The fourth-order valence-corrected chi connectivity index (χ4v) is 1.33. The predicted octanol–water partition coefficient (Wildman–Crippen LogP) is 1.98. The zero-order valence-corrected chi connectivity index (χ0v) is 7.48. The molecule has 0 fully saturated rings. The third-order valence-corrected chi connectivity index (χ3v) is 2.04. The Hall–Kier alpha value is -2.17. The summed E-state index contributed by atoms with van der Waals surface area (Å²) < 4.78 is 11.7. The second kappa shape index (κ2) is 3.53. The minimum atomic E-state index is -1.31. The summed E-state index contributed by atoms with van der Waals surface area (Å²) in [5, 5.41) is 10.7. The van der Waals surface area contributed by atoms with Gasteiger partial charge in [-0.25, -0.2) is 14.7 Å². The Morgan fingerprint density at radius 3 is 2.87 bits per heavy atom. The van der Waals surface area contributed by atoms with E-state index in [4.69, 9.17) is 0 Å². The van der Waals surface area contributed by atoms with Crippen molar-refractivity contribution < 1.29 is 19.4 Å². The van der Waals surface area contributed by atoms with Crippen LogP contribution >= 0.6 is 0 Å². The van der Waals surface area contributed by atoms with Gasteiger partial charge < -0.3 is 5.11 Å². The molecule has 0 atom stereocenters. The third-order valence-electron chi connectivity index (χ3n) is 2.04. The molecule has 0 aliphatic heterocycles. The highest BCUT2D eigenvalue weighted by Crippen LogP contribution is 2.26. The van der Waals surface area contributed by atoms with E-state index in [0.717, 1.165) is 0 Å². The molecular weight excluding hydrogens is 201 g/mol. The van der Waals surface area contributed by atoms with Crippen molar-refractivity contribution >= 4 is 16.7 Å². The van der Waals surface area contributed by atoms with Crippen molar-refractivity contribution in [1.82, 2.24) is 4.98 Å². The topological polar surface area (TPSA) is 59.4 Å². The van der Waals surface area contributed by atoms with Crippen molar-refractivity contribution in [1.29, 1.82) is 0 Å². The number of halogens is 1. The first-order chi connectivity index (χ1) is 7.24. The summed E-state index contributed by atoms with van der Waals surface area (Å²) in [6, 6.07) is 6.76. The van der Waals surface area contributed by atoms with Gasteiger partial charge in [0, 0.05) is 21.5 Å². The summed E-state index contributed by atoms with van der Waals surface area (Å²) in [5.74, 6) is -1.69. The van der Waals surface area contributed by atoms with E-state index in [1.165, 1.54) is 6.20 Å². The lowest BCUT2D eigenvalue weighted by atomic mass is 10.1. The van der Waals surface area contributed by atoms with Gasteiger partial charge in [0.2, 0.25) is 0 Å². The molecule has 15 heavy (non-hydrogen) atoms. The summed E-state index contributed by atoms with van der Waals surface area (Å²) in [5.41, 5.74) is -0.434. The Balaban J connectivity index is 2.70. The van der Waals surface area contributed by atoms with Crippen LogP contribution in [0.25, 0.3) is 10.8 Å². The van der Waals surface area contributed by atoms with Crippen LogP contribution in [0, 0.1) is 0 Å². The molecule has 0 aliphatic carbocycles. The fraction of sp³-hybridized carbons (Fsp3) is 0. The first-order valence-electron chi connectivity index (χ1n) is 4.13. The van der Waals surface area contributed by atoms with E-state index < -0.39 is 11.7 Å². The predicted molar refractivity (Wildman–Crippen MR) is 49.9 cm³/mol. The van der Waals surface area contributed by atoms with Gasteiger partial charge in [-0.2, -0.15) is 0 Å². The molecule has 2 aromatic rings. The molecule has 0 saturated carbocycles. The lowest BCUT2D eigenvalue weighted by molar-refractivity contribution is -0.0795. The number of hydrogen-bond donors (Lipinski definition) is 1. The van der Waals surface area contributed by atoms with Gasteiger partial charge in [-0.15, -0.1) is 0 Å². The molecule has 1 aromatic carbocycles. The molecule has 0 amide bonds. The lowest BCUT2D eigenvalue weighted by Crippen LogP contribution is -2.02. The van der Waals surface area contributed by atoms with Crippen LogP contribution in [0.3, 0.4) is 0 Å². The first-order valence-corrected chi connectivity index (χ1v) is 4.13. The van der Waals surface area contributed by atoms with Crippen LogP contribution in [0.4, 0.5) is 4.53 Å². The Kier molecular flexibility index (Phi) is 2.21. The molecule has 1 N–H and O–H groups in total. The van der Waals surface area contributed by atoms with E-state index in [9.17, 15) is 14.4 Å². The number of carbonyl (C=O) groups is 1. The highest BCUT2D eigenvalue weighted by atomic mass is 19.3. The van der Waals surface area contributed by atoms with Crippen LogP contribution < -0.4 is 0 Å². The van der Waals surface area contributed by atoms with Crippen LogP contribution in [0.2, 0.25) is 0 Å². The highest BCUT2D eigenvalue weighted by Gasteiger charge is 2.17. The number of fused-ring (bicyclic) bond motifs is 1. The molecular formula is C10H6FNO3.